The number of hydrazine groups is 1. The molecular formula is C15H24N2O. The molecule has 1 aliphatic heterocycles. The number of nitrogens with one attached hydrogen (secondary N) is 1. The minimum Gasteiger partial charge on any atom is -0.272 e. The minimum absolute atomic E-state index is 0.0854. The topological polar surface area (TPSA) is 32.3 Å². The standard InChI is InChI=1S/C15H24N2O/c1-8(2)13-15(18)17(16-13)14-11-4-9-3-10(6-11)7-12(14)5-9/h8-14,16H,3-7H2,1-2H3. The summed E-state index contributed by atoms with van der Waals surface area (Å²) in [7, 11) is 0. The summed E-state index contributed by atoms with van der Waals surface area (Å²) in [6.07, 6.45) is 7.02. The van der Waals surface area contributed by atoms with Crippen LogP contribution in [0, 0.1) is 29.6 Å². The smallest absolute Gasteiger partial charge is 0.256 e. The van der Waals surface area contributed by atoms with Crippen molar-refractivity contribution in [2.45, 2.75) is 58.0 Å². The van der Waals surface area contributed by atoms with Crippen LogP contribution in [0.25, 0.3) is 0 Å². The summed E-state index contributed by atoms with van der Waals surface area (Å²) in [6, 6.07) is 0.613. The summed E-state index contributed by atoms with van der Waals surface area (Å²) < 4.78 is 0. The molecule has 3 heteroatoms. The first-order valence-electron chi connectivity index (χ1n) is 7.72. The van der Waals surface area contributed by atoms with Gasteiger partial charge in [0.05, 0.1) is 6.04 Å². The molecule has 0 aromatic carbocycles. The van der Waals surface area contributed by atoms with E-state index in [9.17, 15) is 4.79 Å². The molecule has 4 aliphatic carbocycles. The van der Waals surface area contributed by atoms with E-state index in [-0.39, 0.29) is 6.04 Å². The predicted molar refractivity (Wildman–Crippen MR) is 69.4 cm³/mol. The highest BCUT2D eigenvalue weighted by molar-refractivity contribution is 5.87. The third kappa shape index (κ3) is 1.43. The highest BCUT2D eigenvalue weighted by atomic mass is 16.2. The second-order valence-electron chi connectivity index (χ2n) is 7.48. The van der Waals surface area contributed by atoms with Crippen LogP contribution in [-0.2, 0) is 4.79 Å². The zero-order chi connectivity index (χ0) is 12.4. The van der Waals surface area contributed by atoms with Gasteiger partial charge in [-0.15, -0.1) is 0 Å². The lowest BCUT2D eigenvalue weighted by Crippen LogP contribution is -2.75. The van der Waals surface area contributed by atoms with E-state index in [1.54, 1.807) is 0 Å². The van der Waals surface area contributed by atoms with Gasteiger partial charge in [-0.3, -0.25) is 9.80 Å². The number of carbonyl (C=O) groups is 1. The Labute approximate surface area is 109 Å². The molecule has 1 N–H and O–H groups in total. The van der Waals surface area contributed by atoms with Crippen LogP contribution in [-0.4, -0.2) is 23.0 Å². The number of carbonyl (C=O) groups excluding carboxylic acids is 1. The summed E-state index contributed by atoms with van der Waals surface area (Å²) in [5.41, 5.74) is 3.44. The molecule has 18 heavy (non-hydrogen) atoms. The van der Waals surface area contributed by atoms with Crippen LogP contribution in [0.1, 0.15) is 46.0 Å². The highest BCUT2D eigenvalue weighted by Crippen LogP contribution is 2.55. The average molecular weight is 248 g/mol. The Hall–Kier alpha value is -0.570. The monoisotopic (exact) mass is 248 g/mol. The average Bonchev–Trinajstić information content (AvgIpc) is 2.29. The van der Waals surface area contributed by atoms with Crippen molar-refractivity contribution in [1.82, 2.24) is 10.4 Å². The molecule has 1 heterocycles. The van der Waals surface area contributed by atoms with Crippen LogP contribution in [0.4, 0.5) is 0 Å². The third-order valence-electron chi connectivity index (χ3n) is 5.92. The largest absolute Gasteiger partial charge is 0.272 e. The van der Waals surface area contributed by atoms with E-state index in [4.69, 9.17) is 0 Å². The lowest BCUT2D eigenvalue weighted by atomic mass is 9.54. The predicted octanol–water partition coefficient (Wildman–Crippen LogP) is 2.18. The van der Waals surface area contributed by atoms with Gasteiger partial charge in [0.1, 0.15) is 6.04 Å². The molecule has 5 aliphatic rings. The Balaban J connectivity index is 1.52. The molecule has 4 saturated carbocycles. The van der Waals surface area contributed by atoms with Gasteiger partial charge in [-0.25, -0.2) is 5.43 Å². The lowest BCUT2D eigenvalue weighted by molar-refractivity contribution is -0.176. The molecule has 100 valence electrons. The molecule has 5 rings (SSSR count). The van der Waals surface area contributed by atoms with Gasteiger partial charge in [-0.2, -0.15) is 0 Å². The maximum Gasteiger partial charge on any atom is 0.256 e. The first-order valence-corrected chi connectivity index (χ1v) is 7.72. The SMILES string of the molecule is CC(C)C1NN(C2C3CC4CC(C3)CC2C4)C1=O. The molecule has 1 amide bonds. The van der Waals surface area contributed by atoms with Gasteiger partial charge in [0, 0.05) is 0 Å². The van der Waals surface area contributed by atoms with E-state index in [0.717, 1.165) is 23.7 Å². The fraction of sp³-hybridized carbons (Fsp3) is 0.933. The van der Waals surface area contributed by atoms with Gasteiger partial charge in [-0.05, 0) is 61.7 Å². The Morgan fingerprint density at radius 3 is 2.06 bits per heavy atom. The molecule has 5 fully saturated rings. The number of amides is 1. The fourth-order valence-corrected chi connectivity index (χ4v) is 5.34. The third-order valence-corrected chi connectivity index (χ3v) is 5.92. The number of hydrogen-bond donors (Lipinski definition) is 1. The van der Waals surface area contributed by atoms with Crippen molar-refractivity contribution in [1.29, 1.82) is 0 Å². The molecule has 1 atom stereocenters. The molecule has 1 unspecified atom stereocenters. The van der Waals surface area contributed by atoms with Crippen LogP contribution in [0.15, 0.2) is 0 Å². The van der Waals surface area contributed by atoms with Gasteiger partial charge >= 0.3 is 0 Å². The van der Waals surface area contributed by atoms with Gasteiger partial charge < -0.3 is 0 Å². The summed E-state index contributed by atoms with van der Waals surface area (Å²) >= 11 is 0. The molecular weight excluding hydrogens is 224 g/mol. The van der Waals surface area contributed by atoms with Crippen molar-refractivity contribution >= 4 is 5.91 Å². The number of hydrogen-bond acceptors (Lipinski definition) is 2. The maximum atomic E-state index is 12.3. The summed E-state index contributed by atoms with van der Waals surface area (Å²) in [6.45, 7) is 4.26. The van der Waals surface area contributed by atoms with Crippen LogP contribution in [0.2, 0.25) is 0 Å². The Kier molecular flexibility index (Phi) is 2.33. The quantitative estimate of drug-likeness (QED) is 0.812. The second kappa shape index (κ2) is 3.72. The van der Waals surface area contributed by atoms with E-state index < -0.39 is 0 Å². The Morgan fingerprint density at radius 1 is 1.06 bits per heavy atom. The van der Waals surface area contributed by atoms with Crippen molar-refractivity contribution < 1.29 is 4.79 Å². The molecule has 0 radical (unpaired) electrons. The van der Waals surface area contributed by atoms with E-state index in [1.165, 1.54) is 32.1 Å². The van der Waals surface area contributed by atoms with Crippen molar-refractivity contribution in [2.75, 3.05) is 0 Å². The fourth-order valence-electron chi connectivity index (χ4n) is 5.34. The van der Waals surface area contributed by atoms with Crippen molar-refractivity contribution in [3.63, 3.8) is 0 Å². The Bertz CT molecular complexity index is 351. The zero-order valence-corrected chi connectivity index (χ0v) is 11.4. The van der Waals surface area contributed by atoms with E-state index in [0.29, 0.717) is 17.9 Å². The van der Waals surface area contributed by atoms with Crippen LogP contribution >= 0.6 is 0 Å². The molecule has 4 bridgehead atoms. The normalized spacial score (nSPS) is 49.9. The number of nitrogens with zero attached hydrogens (tertiary/aromatic N) is 1. The van der Waals surface area contributed by atoms with Crippen molar-refractivity contribution in [2.24, 2.45) is 29.6 Å². The minimum atomic E-state index is 0.0854. The first kappa shape index (κ1) is 11.3. The van der Waals surface area contributed by atoms with Crippen LogP contribution in [0.3, 0.4) is 0 Å². The lowest BCUT2D eigenvalue weighted by Gasteiger charge is -2.60. The molecule has 0 aromatic rings. The molecule has 0 spiro atoms. The van der Waals surface area contributed by atoms with Crippen LogP contribution in [0.5, 0.6) is 0 Å². The molecule has 3 nitrogen and oxygen atoms in total. The summed E-state index contributed by atoms with van der Waals surface area (Å²) in [5, 5.41) is 2.03. The first-order chi connectivity index (χ1) is 8.63. The highest BCUT2D eigenvalue weighted by Gasteiger charge is 2.54. The number of rotatable bonds is 2. The molecule has 0 aromatic heterocycles. The Morgan fingerprint density at radius 2 is 1.61 bits per heavy atom. The van der Waals surface area contributed by atoms with Gasteiger partial charge in [0.25, 0.3) is 5.91 Å². The maximum absolute atomic E-state index is 12.3. The van der Waals surface area contributed by atoms with Gasteiger partial charge in [0.2, 0.25) is 0 Å². The van der Waals surface area contributed by atoms with Crippen molar-refractivity contribution in [3.05, 3.63) is 0 Å². The summed E-state index contributed by atoms with van der Waals surface area (Å²) in [5.74, 6) is 4.35. The van der Waals surface area contributed by atoms with Gasteiger partial charge in [-0.1, -0.05) is 13.8 Å². The van der Waals surface area contributed by atoms with E-state index in [1.807, 2.05) is 5.01 Å². The van der Waals surface area contributed by atoms with E-state index in [2.05, 4.69) is 19.3 Å². The summed E-state index contributed by atoms with van der Waals surface area (Å²) in [4.78, 5) is 12.3. The van der Waals surface area contributed by atoms with E-state index >= 15 is 0 Å². The van der Waals surface area contributed by atoms with Crippen molar-refractivity contribution in [3.8, 4) is 0 Å². The second-order valence-corrected chi connectivity index (χ2v) is 7.48. The molecule has 1 saturated heterocycles. The zero-order valence-electron chi connectivity index (χ0n) is 11.4. The van der Waals surface area contributed by atoms with Gasteiger partial charge in [0.15, 0.2) is 0 Å². The van der Waals surface area contributed by atoms with Crippen LogP contribution < -0.4 is 5.43 Å².